The van der Waals surface area contributed by atoms with Crippen molar-refractivity contribution >= 4 is 11.3 Å². The monoisotopic (exact) mass is 227 g/mol. The highest BCUT2D eigenvalue weighted by molar-refractivity contribution is 7.10. The number of rotatable bonds is 7. The largest absolute Gasteiger partial charge is 0.380 e. The van der Waals surface area contributed by atoms with Crippen molar-refractivity contribution in [2.24, 2.45) is 0 Å². The maximum atomic E-state index is 5.36. The van der Waals surface area contributed by atoms with Gasteiger partial charge in [-0.2, -0.15) is 0 Å². The highest BCUT2D eigenvalue weighted by atomic mass is 32.1. The van der Waals surface area contributed by atoms with Crippen LogP contribution in [0.15, 0.2) is 17.5 Å². The summed E-state index contributed by atoms with van der Waals surface area (Å²) in [6.45, 7) is 9.07. The molecular formula is C12H21NOS. The minimum absolute atomic E-state index is 0.437. The summed E-state index contributed by atoms with van der Waals surface area (Å²) < 4.78 is 5.36. The zero-order chi connectivity index (χ0) is 11.1. The van der Waals surface area contributed by atoms with Gasteiger partial charge in [0.2, 0.25) is 0 Å². The van der Waals surface area contributed by atoms with Gasteiger partial charge in [0.05, 0.1) is 6.61 Å². The van der Waals surface area contributed by atoms with Gasteiger partial charge in [-0.1, -0.05) is 13.0 Å². The first-order valence-electron chi connectivity index (χ1n) is 5.58. The standard InChI is InChI=1S/C12H21NOS/c1-4-14-9-11(3)13-8-10(2)12-6-5-7-15-12/h5-7,10-11,13H,4,8-9H2,1-3H3. The van der Waals surface area contributed by atoms with Crippen LogP contribution in [-0.4, -0.2) is 25.8 Å². The minimum Gasteiger partial charge on any atom is -0.380 e. The molecule has 0 bridgehead atoms. The van der Waals surface area contributed by atoms with E-state index < -0.39 is 0 Å². The molecule has 86 valence electrons. The third kappa shape index (κ3) is 4.78. The lowest BCUT2D eigenvalue weighted by Crippen LogP contribution is -2.33. The molecule has 2 atom stereocenters. The van der Waals surface area contributed by atoms with Crippen molar-refractivity contribution in [2.45, 2.75) is 32.7 Å². The van der Waals surface area contributed by atoms with Crippen LogP contribution >= 0.6 is 11.3 Å². The second-order valence-electron chi connectivity index (χ2n) is 3.89. The zero-order valence-corrected chi connectivity index (χ0v) is 10.6. The molecule has 0 saturated heterocycles. The van der Waals surface area contributed by atoms with E-state index in [2.05, 4.69) is 36.7 Å². The van der Waals surface area contributed by atoms with Crippen LogP contribution in [0.5, 0.6) is 0 Å². The minimum atomic E-state index is 0.437. The molecule has 0 saturated carbocycles. The van der Waals surface area contributed by atoms with E-state index in [0.29, 0.717) is 12.0 Å². The van der Waals surface area contributed by atoms with E-state index in [0.717, 1.165) is 19.8 Å². The quantitative estimate of drug-likeness (QED) is 0.773. The molecular weight excluding hydrogens is 206 g/mol. The highest BCUT2D eigenvalue weighted by Gasteiger charge is 2.08. The van der Waals surface area contributed by atoms with Crippen LogP contribution in [0.4, 0.5) is 0 Å². The average Bonchev–Trinajstić information content (AvgIpc) is 2.76. The molecule has 2 nitrogen and oxygen atoms in total. The Morgan fingerprint density at radius 2 is 2.27 bits per heavy atom. The SMILES string of the molecule is CCOCC(C)NCC(C)c1cccs1. The summed E-state index contributed by atoms with van der Waals surface area (Å²) in [6, 6.07) is 4.75. The maximum absolute atomic E-state index is 5.36. The van der Waals surface area contributed by atoms with E-state index in [4.69, 9.17) is 4.74 Å². The molecule has 2 unspecified atom stereocenters. The zero-order valence-electron chi connectivity index (χ0n) is 9.82. The van der Waals surface area contributed by atoms with E-state index in [1.54, 1.807) is 0 Å². The Bertz CT molecular complexity index is 248. The van der Waals surface area contributed by atoms with Crippen LogP contribution in [0.2, 0.25) is 0 Å². The van der Waals surface area contributed by atoms with E-state index in [1.807, 2.05) is 18.3 Å². The van der Waals surface area contributed by atoms with Gasteiger partial charge in [0, 0.05) is 30.0 Å². The van der Waals surface area contributed by atoms with Gasteiger partial charge >= 0.3 is 0 Å². The molecule has 0 spiro atoms. The van der Waals surface area contributed by atoms with Crippen LogP contribution in [0.25, 0.3) is 0 Å². The smallest absolute Gasteiger partial charge is 0.0616 e. The Morgan fingerprint density at radius 1 is 1.47 bits per heavy atom. The average molecular weight is 227 g/mol. The number of hydrogen-bond donors (Lipinski definition) is 1. The van der Waals surface area contributed by atoms with Crippen molar-refractivity contribution in [1.82, 2.24) is 5.32 Å². The second kappa shape index (κ2) is 6.99. The van der Waals surface area contributed by atoms with Crippen LogP contribution in [0, 0.1) is 0 Å². The molecule has 0 radical (unpaired) electrons. The van der Waals surface area contributed by atoms with Crippen molar-refractivity contribution in [3.63, 3.8) is 0 Å². The molecule has 15 heavy (non-hydrogen) atoms. The van der Waals surface area contributed by atoms with Gasteiger partial charge in [0.25, 0.3) is 0 Å². The van der Waals surface area contributed by atoms with Gasteiger partial charge < -0.3 is 10.1 Å². The second-order valence-corrected chi connectivity index (χ2v) is 4.86. The van der Waals surface area contributed by atoms with Crippen LogP contribution < -0.4 is 5.32 Å². The summed E-state index contributed by atoms with van der Waals surface area (Å²) in [5, 5.41) is 5.62. The van der Waals surface area contributed by atoms with Crippen LogP contribution in [0.1, 0.15) is 31.6 Å². The molecule has 1 heterocycles. The highest BCUT2D eigenvalue weighted by Crippen LogP contribution is 2.19. The normalized spacial score (nSPS) is 15.1. The Kier molecular flexibility index (Phi) is 5.91. The maximum Gasteiger partial charge on any atom is 0.0616 e. The van der Waals surface area contributed by atoms with Gasteiger partial charge in [-0.3, -0.25) is 0 Å². The Balaban J connectivity index is 2.19. The first-order valence-corrected chi connectivity index (χ1v) is 6.46. The molecule has 0 aliphatic rings. The first-order chi connectivity index (χ1) is 7.24. The topological polar surface area (TPSA) is 21.3 Å². The molecule has 0 aliphatic heterocycles. The van der Waals surface area contributed by atoms with Crippen molar-refractivity contribution < 1.29 is 4.74 Å². The van der Waals surface area contributed by atoms with Crippen molar-refractivity contribution in [1.29, 1.82) is 0 Å². The number of thiophene rings is 1. The van der Waals surface area contributed by atoms with E-state index in [9.17, 15) is 0 Å². The Labute approximate surface area is 96.7 Å². The van der Waals surface area contributed by atoms with Crippen LogP contribution in [0.3, 0.4) is 0 Å². The fraction of sp³-hybridized carbons (Fsp3) is 0.667. The van der Waals surface area contributed by atoms with Gasteiger partial charge in [-0.25, -0.2) is 0 Å². The van der Waals surface area contributed by atoms with E-state index in [-0.39, 0.29) is 0 Å². The van der Waals surface area contributed by atoms with Crippen molar-refractivity contribution in [2.75, 3.05) is 19.8 Å². The molecule has 0 amide bonds. The summed E-state index contributed by atoms with van der Waals surface area (Å²) in [6.07, 6.45) is 0. The lowest BCUT2D eigenvalue weighted by molar-refractivity contribution is 0.127. The Hall–Kier alpha value is -0.380. The summed E-state index contributed by atoms with van der Waals surface area (Å²) in [4.78, 5) is 1.45. The van der Waals surface area contributed by atoms with Gasteiger partial charge in [-0.15, -0.1) is 11.3 Å². The summed E-state index contributed by atoms with van der Waals surface area (Å²) in [7, 11) is 0. The number of hydrogen-bond acceptors (Lipinski definition) is 3. The molecule has 1 aromatic heterocycles. The summed E-state index contributed by atoms with van der Waals surface area (Å²) >= 11 is 1.83. The van der Waals surface area contributed by atoms with Crippen molar-refractivity contribution in [3.05, 3.63) is 22.4 Å². The summed E-state index contributed by atoms with van der Waals surface area (Å²) in [5.41, 5.74) is 0. The third-order valence-electron chi connectivity index (χ3n) is 2.37. The third-order valence-corrected chi connectivity index (χ3v) is 3.48. The fourth-order valence-electron chi connectivity index (χ4n) is 1.40. The van der Waals surface area contributed by atoms with Gasteiger partial charge in [-0.05, 0) is 25.3 Å². The Morgan fingerprint density at radius 3 is 2.87 bits per heavy atom. The predicted molar refractivity (Wildman–Crippen MR) is 66.7 cm³/mol. The van der Waals surface area contributed by atoms with Gasteiger partial charge in [0.1, 0.15) is 0 Å². The van der Waals surface area contributed by atoms with Crippen molar-refractivity contribution in [3.8, 4) is 0 Å². The molecule has 1 rings (SSSR count). The molecule has 3 heteroatoms. The predicted octanol–water partition coefficient (Wildman–Crippen LogP) is 2.87. The number of ether oxygens (including phenoxy) is 1. The lowest BCUT2D eigenvalue weighted by Gasteiger charge is -2.16. The fourth-order valence-corrected chi connectivity index (χ4v) is 2.19. The van der Waals surface area contributed by atoms with E-state index in [1.165, 1.54) is 4.88 Å². The number of nitrogens with one attached hydrogen (secondary N) is 1. The molecule has 0 aromatic carbocycles. The summed E-state index contributed by atoms with van der Waals surface area (Å²) in [5.74, 6) is 0.592. The van der Waals surface area contributed by atoms with E-state index >= 15 is 0 Å². The molecule has 0 aliphatic carbocycles. The first kappa shape index (κ1) is 12.7. The molecule has 1 aromatic rings. The molecule has 1 N–H and O–H groups in total. The van der Waals surface area contributed by atoms with Gasteiger partial charge in [0.15, 0.2) is 0 Å². The molecule has 0 fully saturated rings. The van der Waals surface area contributed by atoms with Crippen LogP contribution in [-0.2, 0) is 4.74 Å². The lowest BCUT2D eigenvalue weighted by atomic mass is 10.1.